The van der Waals surface area contributed by atoms with E-state index in [4.69, 9.17) is 4.74 Å². The molecule has 1 aromatic heterocycles. The van der Waals surface area contributed by atoms with Crippen molar-refractivity contribution < 1.29 is 14.3 Å². The number of amides is 2. The fourth-order valence-electron chi connectivity index (χ4n) is 5.18. The molecule has 0 bridgehead atoms. The number of para-hydroxylation sites is 1. The van der Waals surface area contributed by atoms with Crippen LogP contribution >= 0.6 is 0 Å². The zero-order chi connectivity index (χ0) is 25.5. The zero-order valence-corrected chi connectivity index (χ0v) is 21.8. The summed E-state index contributed by atoms with van der Waals surface area (Å²) in [5.74, 6) is 0.970. The molecular formula is C30H39N3O3. The molecule has 6 nitrogen and oxygen atoms in total. The van der Waals surface area contributed by atoms with Crippen molar-refractivity contribution in [1.29, 1.82) is 0 Å². The van der Waals surface area contributed by atoms with Gasteiger partial charge < -0.3 is 19.5 Å². The lowest BCUT2D eigenvalue weighted by molar-refractivity contribution is -0.145. The third-order valence-electron chi connectivity index (χ3n) is 7.38. The Kier molecular flexibility index (Phi) is 8.68. The number of carbonyl (C=O) groups is 2. The van der Waals surface area contributed by atoms with Crippen molar-refractivity contribution in [3.63, 3.8) is 0 Å². The summed E-state index contributed by atoms with van der Waals surface area (Å²) in [7, 11) is 1.65. The Balaban J connectivity index is 1.51. The van der Waals surface area contributed by atoms with Crippen molar-refractivity contribution in [1.82, 2.24) is 14.8 Å². The number of methoxy groups -OCH3 is 1. The van der Waals surface area contributed by atoms with E-state index in [1.54, 1.807) is 12.0 Å². The SMILES string of the molecule is COc1ccc(CN(CCc2c[nH]c3ccccc23)C(=O)CN(C(=O)C2CCCCC2)C(C)C)cc1. The number of nitrogens with one attached hydrogen (secondary N) is 1. The van der Waals surface area contributed by atoms with Crippen LogP contribution in [0.4, 0.5) is 0 Å². The van der Waals surface area contributed by atoms with Gasteiger partial charge in [-0.1, -0.05) is 49.6 Å². The second-order valence-electron chi connectivity index (χ2n) is 10.2. The average Bonchev–Trinajstić information content (AvgIpc) is 3.33. The summed E-state index contributed by atoms with van der Waals surface area (Å²) in [5.41, 5.74) is 3.33. The van der Waals surface area contributed by atoms with Crippen LogP contribution in [0.5, 0.6) is 5.75 Å². The smallest absolute Gasteiger partial charge is 0.242 e. The predicted octanol–water partition coefficient (Wildman–Crippen LogP) is 5.57. The molecule has 2 amide bonds. The van der Waals surface area contributed by atoms with Crippen molar-refractivity contribution in [2.24, 2.45) is 5.92 Å². The van der Waals surface area contributed by atoms with Crippen LogP contribution in [0, 0.1) is 5.92 Å². The number of hydrogen-bond donors (Lipinski definition) is 1. The Hall–Kier alpha value is -3.28. The third kappa shape index (κ3) is 6.28. The number of rotatable bonds is 10. The Morgan fingerprint density at radius 3 is 2.44 bits per heavy atom. The van der Waals surface area contributed by atoms with Gasteiger partial charge in [0.2, 0.25) is 11.8 Å². The van der Waals surface area contributed by atoms with E-state index in [0.29, 0.717) is 13.1 Å². The van der Waals surface area contributed by atoms with E-state index in [9.17, 15) is 9.59 Å². The Bertz CT molecular complexity index is 1150. The molecule has 192 valence electrons. The fraction of sp³-hybridized carbons (Fsp3) is 0.467. The molecule has 1 heterocycles. The topological polar surface area (TPSA) is 65.6 Å². The first-order valence-corrected chi connectivity index (χ1v) is 13.2. The van der Waals surface area contributed by atoms with Crippen LogP contribution in [-0.2, 0) is 22.6 Å². The molecular weight excluding hydrogens is 450 g/mol. The van der Waals surface area contributed by atoms with Gasteiger partial charge in [-0.2, -0.15) is 0 Å². The number of aromatic nitrogens is 1. The molecule has 6 heteroatoms. The maximum atomic E-state index is 13.7. The number of hydrogen-bond acceptors (Lipinski definition) is 3. The molecule has 4 rings (SSSR count). The van der Waals surface area contributed by atoms with Crippen LogP contribution in [0.1, 0.15) is 57.1 Å². The monoisotopic (exact) mass is 489 g/mol. The average molecular weight is 490 g/mol. The number of H-pyrrole nitrogens is 1. The van der Waals surface area contributed by atoms with E-state index >= 15 is 0 Å². The lowest BCUT2D eigenvalue weighted by atomic mass is 9.88. The van der Waals surface area contributed by atoms with Crippen LogP contribution in [-0.4, -0.2) is 52.8 Å². The first-order chi connectivity index (χ1) is 17.5. The van der Waals surface area contributed by atoms with Gasteiger partial charge in [-0.15, -0.1) is 0 Å². The van der Waals surface area contributed by atoms with E-state index in [0.717, 1.165) is 48.9 Å². The molecule has 0 atom stereocenters. The quantitative estimate of drug-likeness (QED) is 0.405. The van der Waals surface area contributed by atoms with Gasteiger partial charge in [-0.3, -0.25) is 9.59 Å². The number of carbonyl (C=O) groups excluding carboxylic acids is 2. The number of fused-ring (bicyclic) bond motifs is 1. The first kappa shape index (κ1) is 25.8. The molecule has 0 saturated heterocycles. The van der Waals surface area contributed by atoms with E-state index in [1.165, 1.54) is 17.4 Å². The summed E-state index contributed by atoms with van der Waals surface area (Å²) in [6.07, 6.45) is 8.06. The van der Waals surface area contributed by atoms with Gasteiger partial charge in [0.1, 0.15) is 5.75 Å². The van der Waals surface area contributed by atoms with Crippen molar-refractivity contribution in [2.75, 3.05) is 20.2 Å². The van der Waals surface area contributed by atoms with E-state index in [1.807, 2.05) is 61.3 Å². The van der Waals surface area contributed by atoms with Gasteiger partial charge in [-0.05, 0) is 62.4 Å². The summed E-state index contributed by atoms with van der Waals surface area (Å²) in [5, 5.41) is 1.19. The normalized spacial score (nSPS) is 14.2. The molecule has 36 heavy (non-hydrogen) atoms. The first-order valence-electron chi connectivity index (χ1n) is 13.2. The molecule has 1 saturated carbocycles. The van der Waals surface area contributed by atoms with Crippen molar-refractivity contribution in [3.8, 4) is 5.75 Å². The number of aromatic amines is 1. The second kappa shape index (κ2) is 12.1. The van der Waals surface area contributed by atoms with Crippen LogP contribution in [0.15, 0.2) is 54.7 Å². The van der Waals surface area contributed by atoms with Gasteiger partial charge in [0.15, 0.2) is 0 Å². The molecule has 1 fully saturated rings. The molecule has 1 N–H and O–H groups in total. The highest BCUT2D eigenvalue weighted by Gasteiger charge is 2.30. The molecule has 0 spiro atoms. The maximum Gasteiger partial charge on any atom is 0.242 e. The summed E-state index contributed by atoms with van der Waals surface area (Å²) in [6.45, 7) is 5.21. The number of benzene rings is 2. The highest BCUT2D eigenvalue weighted by atomic mass is 16.5. The van der Waals surface area contributed by atoms with Crippen LogP contribution in [0.3, 0.4) is 0 Å². The van der Waals surface area contributed by atoms with Crippen LogP contribution in [0.2, 0.25) is 0 Å². The van der Waals surface area contributed by atoms with E-state index in [2.05, 4.69) is 17.1 Å². The molecule has 0 radical (unpaired) electrons. The minimum atomic E-state index is -0.0140. The van der Waals surface area contributed by atoms with Gasteiger partial charge >= 0.3 is 0 Å². The zero-order valence-electron chi connectivity index (χ0n) is 21.8. The summed E-state index contributed by atoms with van der Waals surface area (Å²) in [4.78, 5) is 34.1. The van der Waals surface area contributed by atoms with Crippen LogP contribution < -0.4 is 4.74 Å². The van der Waals surface area contributed by atoms with Gasteiger partial charge in [0.05, 0.1) is 13.7 Å². The van der Waals surface area contributed by atoms with Gasteiger partial charge in [-0.25, -0.2) is 0 Å². The fourth-order valence-corrected chi connectivity index (χ4v) is 5.18. The van der Waals surface area contributed by atoms with Gasteiger partial charge in [0.25, 0.3) is 0 Å². The van der Waals surface area contributed by atoms with Crippen molar-refractivity contribution >= 4 is 22.7 Å². The largest absolute Gasteiger partial charge is 0.497 e. The minimum Gasteiger partial charge on any atom is -0.497 e. The highest BCUT2D eigenvalue weighted by Crippen LogP contribution is 2.26. The highest BCUT2D eigenvalue weighted by molar-refractivity contribution is 5.86. The number of ether oxygens (including phenoxy) is 1. The minimum absolute atomic E-state index is 0.0106. The Labute approximate surface area is 214 Å². The lowest BCUT2D eigenvalue weighted by Gasteiger charge is -2.33. The third-order valence-corrected chi connectivity index (χ3v) is 7.38. The van der Waals surface area contributed by atoms with Crippen LogP contribution in [0.25, 0.3) is 10.9 Å². The maximum absolute atomic E-state index is 13.7. The molecule has 2 aromatic carbocycles. The summed E-state index contributed by atoms with van der Waals surface area (Å²) < 4.78 is 5.29. The molecule has 0 aliphatic heterocycles. The molecule has 0 unspecified atom stereocenters. The molecule has 1 aliphatic rings. The van der Waals surface area contributed by atoms with E-state index in [-0.39, 0.29) is 30.3 Å². The Morgan fingerprint density at radius 2 is 1.75 bits per heavy atom. The molecule has 1 aliphatic carbocycles. The predicted molar refractivity (Wildman–Crippen MR) is 144 cm³/mol. The van der Waals surface area contributed by atoms with Crippen molar-refractivity contribution in [2.45, 2.75) is 65.0 Å². The standard InChI is InChI=1S/C30H39N3O3/c1-22(2)33(30(35)24-9-5-4-6-10-24)21-29(34)32(20-23-13-15-26(36-3)16-14-23)18-17-25-19-31-28-12-8-7-11-27(25)28/h7-8,11-16,19,22,24,31H,4-6,9-10,17-18,20-21H2,1-3H3. The summed E-state index contributed by atoms with van der Waals surface area (Å²) in [6, 6.07) is 16.1. The molecule has 3 aromatic rings. The second-order valence-corrected chi connectivity index (χ2v) is 10.2. The van der Waals surface area contributed by atoms with E-state index < -0.39 is 0 Å². The van der Waals surface area contributed by atoms with Gasteiger partial charge in [0, 0.05) is 42.1 Å². The number of nitrogens with zero attached hydrogens (tertiary/aromatic N) is 2. The van der Waals surface area contributed by atoms with Crippen molar-refractivity contribution in [3.05, 3.63) is 65.9 Å². The Morgan fingerprint density at radius 1 is 1.03 bits per heavy atom. The summed E-state index contributed by atoms with van der Waals surface area (Å²) >= 11 is 0. The lowest BCUT2D eigenvalue weighted by Crippen LogP contribution is -2.48.